The Bertz CT molecular complexity index is 501. The predicted molar refractivity (Wildman–Crippen MR) is 52.5 cm³/mol. The zero-order valence-corrected chi connectivity index (χ0v) is 7.68. The summed E-state index contributed by atoms with van der Waals surface area (Å²) in [7, 11) is 0. The predicted octanol–water partition coefficient (Wildman–Crippen LogP) is 2.66. The molecule has 0 amide bonds. The van der Waals surface area contributed by atoms with Crippen LogP contribution in [0.25, 0.3) is 10.9 Å². The molecule has 2 nitrogen and oxygen atoms in total. The molecule has 0 spiro atoms. The highest BCUT2D eigenvalue weighted by molar-refractivity contribution is 5.86. The molecule has 0 saturated carbocycles. The molecule has 0 atom stereocenters. The van der Waals surface area contributed by atoms with Gasteiger partial charge in [-0.05, 0) is 37.6 Å². The largest absolute Gasteiger partial charge is 0.358 e. The third kappa shape index (κ3) is 1.19. The third-order valence-corrected chi connectivity index (χ3v) is 2.13. The van der Waals surface area contributed by atoms with Gasteiger partial charge in [0.2, 0.25) is 0 Å². The van der Waals surface area contributed by atoms with Crippen molar-refractivity contribution in [3.8, 4) is 6.07 Å². The molecule has 0 aliphatic rings. The van der Waals surface area contributed by atoms with E-state index in [-0.39, 0.29) is 0 Å². The topological polar surface area (TPSA) is 39.6 Å². The summed E-state index contributed by atoms with van der Waals surface area (Å²) >= 11 is 0. The van der Waals surface area contributed by atoms with E-state index in [2.05, 4.69) is 23.2 Å². The van der Waals surface area contributed by atoms with Gasteiger partial charge < -0.3 is 4.98 Å². The molecule has 1 aromatic carbocycles. The van der Waals surface area contributed by atoms with Gasteiger partial charge in [-0.2, -0.15) is 5.26 Å². The van der Waals surface area contributed by atoms with Gasteiger partial charge in [-0.1, -0.05) is 0 Å². The minimum Gasteiger partial charge on any atom is -0.358 e. The van der Waals surface area contributed by atoms with Crippen molar-refractivity contribution in [3.05, 3.63) is 35.0 Å². The Balaban J connectivity index is 2.90. The molecule has 2 heteroatoms. The lowest BCUT2D eigenvalue weighted by molar-refractivity contribution is 1.29. The summed E-state index contributed by atoms with van der Waals surface area (Å²) in [5.74, 6) is 0. The molecule has 13 heavy (non-hydrogen) atoms. The smallest absolute Gasteiger partial charge is 0.101 e. The molecule has 0 saturated heterocycles. The van der Waals surface area contributed by atoms with Gasteiger partial charge in [-0.15, -0.1) is 0 Å². The van der Waals surface area contributed by atoms with E-state index in [9.17, 15) is 0 Å². The van der Waals surface area contributed by atoms with Crippen LogP contribution < -0.4 is 0 Å². The highest BCUT2D eigenvalue weighted by atomic mass is 14.7. The van der Waals surface area contributed by atoms with Crippen LogP contribution in [0.1, 0.15) is 16.8 Å². The van der Waals surface area contributed by atoms with Gasteiger partial charge >= 0.3 is 0 Å². The molecule has 0 aliphatic heterocycles. The van der Waals surface area contributed by atoms with E-state index in [4.69, 9.17) is 5.26 Å². The van der Waals surface area contributed by atoms with Crippen LogP contribution in [0.2, 0.25) is 0 Å². The fourth-order valence-corrected chi connectivity index (χ4v) is 1.62. The number of nitriles is 1. The van der Waals surface area contributed by atoms with Crippen molar-refractivity contribution in [1.29, 1.82) is 5.26 Å². The number of benzene rings is 1. The maximum Gasteiger partial charge on any atom is 0.101 e. The Kier molecular flexibility index (Phi) is 1.60. The van der Waals surface area contributed by atoms with Crippen LogP contribution in [0, 0.1) is 25.2 Å². The lowest BCUT2D eigenvalue weighted by Gasteiger charge is -1.95. The Morgan fingerprint density at radius 3 is 2.69 bits per heavy atom. The maximum absolute atomic E-state index is 8.90. The average molecular weight is 170 g/mol. The second-order valence-corrected chi connectivity index (χ2v) is 3.34. The normalized spacial score (nSPS) is 10.2. The number of aromatic amines is 1. The quantitative estimate of drug-likeness (QED) is 0.648. The molecule has 0 fully saturated rings. The molecule has 0 aliphatic carbocycles. The molecule has 64 valence electrons. The number of fused-ring (bicyclic) bond motifs is 1. The van der Waals surface area contributed by atoms with Crippen LogP contribution in [0.3, 0.4) is 0 Å². The highest BCUT2D eigenvalue weighted by Gasteiger charge is 2.03. The summed E-state index contributed by atoms with van der Waals surface area (Å²) in [5, 5.41) is 10.0. The Morgan fingerprint density at radius 1 is 1.23 bits per heavy atom. The molecule has 1 aromatic heterocycles. The number of hydrogen-bond donors (Lipinski definition) is 1. The van der Waals surface area contributed by atoms with Crippen molar-refractivity contribution in [2.24, 2.45) is 0 Å². The molecule has 0 unspecified atom stereocenters. The van der Waals surface area contributed by atoms with Crippen LogP contribution in [-0.4, -0.2) is 4.98 Å². The van der Waals surface area contributed by atoms with Gasteiger partial charge in [0.1, 0.15) is 6.07 Å². The van der Waals surface area contributed by atoms with E-state index >= 15 is 0 Å². The van der Waals surface area contributed by atoms with Crippen molar-refractivity contribution in [2.75, 3.05) is 0 Å². The van der Waals surface area contributed by atoms with E-state index in [1.807, 2.05) is 19.9 Å². The maximum atomic E-state index is 8.90. The first-order valence-electron chi connectivity index (χ1n) is 4.21. The van der Waals surface area contributed by atoms with Crippen molar-refractivity contribution in [3.63, 3.8) is 0 Å². The summed E-state index contributed by atoms with van der Waals surface area (Å²) < 4.78 is 0. The Morgan fingerprint density at radius 2 is 2.00 bits per heavy atom. The van der Waals surface area contributed by atoms with Gasteiger partial charge in [-0.25, -0.2) is 0 Å². The number of rotatable bonds is 0. The summed E-state index contributed by atoms with van der Waals surface area (Å²) in [6.07, 6.45) is 0. The van der Waals surface area contributed by atoms with Crippen molar-refractivity contribution < 1.29 is 0 Å². The van der Waals surface area contributed by atoms with Crippen LogP contribution in [0.4, 0.5) is 0 Å². The van der Waals surface area contributed by atoms with Gasteiger partial charge in [-0.3, -0.25) is 0 Å². The van der Waals surface area contributed by atoms with Crippen molar-refractivity contribution >= 4 is 10.9 Å². The van der Waals surface area contributed by atoms with Crippen molar-refractivity contribution in [1.82, 2.24) is 4.98 Å². The fraction of sp³-hybridized carbons (Fsp3) is 0.182. The van der Waals surface area contributed by atoms with Gasteiger partial charge in [0.25, 0.3) is 0 Å². The summed E-state index contributed by atoms with van der Waals surface area (Å²) in [6, 6.07) is 8.24. The molecular formula is C11H10N2. The Hall–Kier alpha value is -1.75. The van der Waals surface area contributed by atoms with Crippen LogP contribution in [-0.2, 0) is 0 Å². The zero-order chi connectivity index (χ0) is 9.42. The third-order valence-electron chi connectivity index (χ3n) is 2.13. The van der Waals surface area contributed by atoms with E-state index in [1.54, 1.807) is 0 Å². The molecule has 1 N–H and O–H groups in total. The first-order valence-corrected chi connectivity index (χ1v) is 4.21. The van der Waals surface area contributed by atoms with Crippen LogP contribution in [0.5, 0.6) is 0 Å². The van der Waals surface area contributed by atoms with E-state index < -0.39 is 0 Å². The highest BCUT2D eigenvalue weighted by Crippen LogP contribution is 2.20. The number of hydrogen-bond acceptors (Lipinski definition) is 1. The average Bonchev–Trinajstić information content (AvgIpc) is 2.43. The lowest BCUT2D eigenvalue weighted by atomic mass is 10.1. The van der Waals surface area contributed by atoms with E-state index in [1.165, 1.54) is 0 Å². The van der Waals surface area contributed by atoms with E-state index in [0.717, 1.165) is 27.7 Å². The molecule has 0 radical (unpaired) electrons. The van der Waals surface area contributed by atoms with Gasteiger partial charge in [0, 0.05) is 11.1 Å². The molecule has 1 heterocycles. The lowest BCUT2D eigenvalue weighted by Crippen LogP contribution is -1.80. The first-order chi connectivity index (χ1) is 6.20. The minimum absolute atomic E-state index is 0.725. The van der Waals surface area contributed by atoms with Crippen molar-refractivity contribution in [2.45, 2.75) is 13.8 Å². The number of nitrogens with one attached hydrogen (secondary N) is 1. The number of nitrogens with zero attached hydrogens (tertiary/aromatic N) is 1. The molecule has 2 rings (SSSR count). The van der Waals surface area contributed by atoms with Crippen LogP contribution >= 0.6 is 0 Å². The minimum atomic E-state index is 0.725. The van der Waals surface area contributed by atoms with Crippen LogP contribution in [0.15, 0.2) is 18.2 Å². The molecular weight excluding hydrogens is 160 g/mol. The van der Waals surface area contributed by atoms with Gasteiger partial charge in [0.15, 0.2) is 0 Å². The zero-order valence-electron chi connectivity index (χ0n) is 7.68. The standard InChI is InChI=1S/C11H10N2/c1-7-3-9-5-8(2)13-11(9)10(4-7)6-12/h3-5,13H,1-2H3. The SMILES string of the molecule is Cc1cc(C#N)c2[nH]c(C)cc2c1. The number of H-pyrrole nitrogens is 1. The van der Waals surface area contributed by atoms with E-state index in [0.29, 0.717) is 0 Å². The first kappa shape index (κ1) is 7.88. The monoisotopic (exact) mass is 170 g/mol. The molecule has 2 aromatic rings. The summed E-state index contributed by atoms with van der Waals surface area (Å²) in [6.45, 7) is 4.00. The van der Waals surface area contributed by atoms with Gasteiger partial charge in [0.05, 0.1) is 11.1 Å². The second-order valence-electron chi connectivity index (χ2n) is 3.34. The second kappa shape index (κ2) is 2.63. The Labute approximate surface area is 76.8 Å². The summed E-state index contributed by atoms with van der Waals surface area (Å²) in [5.41, 5.74) is 3.90. The number of aryl methyl sites for hydroxylation is 2. The molecule has 0 bridgehead atoms. The fourth-order valence-electron chi connectivity index (χ4n) is 1.62. The number of aromatic nitrogens is 1. The summed E-state index contributed by atoms with van der Waals surface area (Å²) in [4.78, 5) is 3.18.